The first-order chi connectivity index (χ1) is 9.22. The third-order valence-corrected chi connectivity index (χ3v) is 3.37. The summed E-state index contributed by atoms with van der Waals surface area (Å²) in [6.07, 6.45) is 4.65. The number of rotatable bonds is 4. The zero-order valence-electron chi connectivity index (χ0n) is 11.5. The topological polar surface area (TPSA) is 67.6 Å². The fourth-order valence-electron chi connectivity index (χ4n) is 2.27. The second-order valence-electron chi connectivity index (χ2n) is 4.68. The Morgan fingerprint density at radius 2 is 2.42 bits per heavy atom. The minimum absolute atomic E-state index is 0.232. The number of anilines is 1. The summed E-state index contributed by atoms with van der Waals surface area (Å²) in [5.74, 6) is -0.437. The van der Waals surface area contributed by atoms with Crippen molar-refractivity contribution in [3.63, 3.8) is 0 Å². The molecule has 2 rings (SSSR count). The highest BCUT2D eigenvalue weighted by molar-refractivity contribution is 5.87. The van der Waals surface area contributed by atoms with Crippen molar-refractivity contribution in [2.45, 2.75) is 32.2 Å². The van der Waals surface area contributed by atoms with Crippen LogP contribution in [0, 0.1) is 0 Å². The number of carbonyl (C=O) groups is 1. The first-order valence-corrected chi connectivity index (χ1v) is 6.78. The van der Waals surface area contributed by atoms with E-state index in [2.05, 4.69) is 10.3 Å². The molecule has 2 heterocycles. The van der Waals surface area contributed by atoms with Crippen LogP contribution in [0.4, 0.5) is 6.01 Å². The van der Waals surface area contributed by atoms with E-state index in [9.17, 15) is 4.79 Å². The minimum atomic E-state index is -0.437. The van der Waals surface area contributed by atoms with Gasteiger partial charge in [-0.25, -0.2) is 4.79 Å². The van der Waals surface area contributed by atoms with Gasteiger partial charge < -0.3 is 19.4 Å². The van der Waals surface area contributed by atoms with Crippen LogP contribution < -0.4 is 10.2 Å². The van der Waals surface area contributed by atoms with Gasteiger partial charge >= 0.3 is 5.97 Å². The smallest absolute Gasteiger partial charge is 0.360 e. The van der Waals surface area contributed by atoms with E-state index in [1.54, 1.807) is 6.92 Å². The maximum Gasteiger partial charge on any atom is 0.360 e. The monoisotopic (exact) mass is 267 g/mol. The highest BCUT2D eigenvalue weighted by Gasteiger charge is 2.22. The first kappa shape index (κ1) is 13.9. The lowest BCUT2D eigenvalue weighted by Gasteiger charge is -2.25. The summed E-state index contributed by atoms with van der Waals surface area (Å²) in [5, 5.41) is 3.37. The molecule has 1 saturated heterocycles. The van der Waals surface area contributed by atoms with E-state index in [4.69, 9.17) is 9.15 Å². The van der Waals surface area contributed by atoms with Crippen LogP contribution in [0.2, 0.25) is 0 Å². The van der Waals surface area contributed by atoms with Crippen molar-refractivity contribution < 1.29 is 13.9 Å². The van der Waals surface area contributed by atoms with Crippen molar-refractivity contribution in [3.8, 4) is 0 Å². The molecule has 6 nitrogen and oxygen atoms in total. The quantitative estimate of drug-likeness (QED) is 0.832. The summed E-state index contributed by atoms with van der Waals surface area (Å²) in [4.78, 5) is 17.7. The summed E-state index contributed by atoms with van der Waals surface area (Å²) in [6, 6.07) is 0.874. The minimum Gasteiger partial charge on any atom is -0.461 e. The molecule has 1 aliphatic rings. The SMILES string of the molecule is CCOC(=O)c1coc(N(C)C2CCCNCC2)n1. The number of hydrogen-bond acceptors (Lipinski definition) is 6. The Bertz CT molecular complexity index is 411. The average Bonchev–Trinajstić information content (AvgIpc) is 2.74. The molecule has 1 fully saturated rings. The van der Waals surface area contributed by atoms with Crippen LogP contribution in [0.25, 0.3) is 0 Å². The summed E-state index contributed by atoms with van der Waals surface area (Å²) in [7, 11) is 1.96. The molecule has 106 valence electrons. The summed E-state index contributed by atoms with van der Waals surface area (Å²) in [5.41, 5.74) is 0.232. The molecular weight excluding hydrogens is 246 g/mol. The molecule has 1 unspecified atom stereocenters. The lowest BCUT2D eigenvalue weighted by molar-refractivity contribution is 0.0519. The highest BCUT2D eigenvalue weighted by atomic mass is 16.5. The van der Waals surface area contributed by atoms with Crippen molar-refractivity contribution in [3.05, 3.63) is 12.0 Å². The van der Waals surface area contributed by atoms with Crippen molar-refractivity contribution in [1.29, 1.82) is 0 Å². The maximum absolute atomic E-state index is 11.5. The second-order valence-corrected chi connectivity index (χ2v) is 4.68. The first-order valence-electron chi connectivity index (χ1n) is 6.78. The largest absolute Gasteiger partial charge is 0.461 e. The Labute approximate surface area is 113 Å². The molecule has 1 atom stereocenters. The van der Waals surface area contributed by atoms with Gasteiger partial charge in [0, 0.05) is 13.1 Å². The number of nitrogens with zero attached hydrogens (tertiary/aromatic N) is 2. The molecule has 19 heavy (non-hydrogen) atoms. The van der Waals surface area contributed by atoms with Crippen molar-refractivity contribution in [1.82, 2.24) is 10.3 Å². The number of aromatic nitrogens is 1. The van der Waals surface area contributed by atoms with Gasteiger partial charge in [-0.3, -0.25) is 0 Å². The molecule has 0 saturated carbocycles. The summed E-state index contributed by atoms with van der Waals surface area (Å²) in [6.45, 7) is 4.17. The normalized spacial score (nSPS) is 19.8. The van der Waals surface area contributed by atoms with Crippen LogP contribution >= 0.6 is 0 Å². The van der Waals surface area contributed by atoms with E-state index in [0.29, 0.717) is 18.7 Å². The van der Waals surface area contributed by atoms with E-state index >= 15 is 0 Å². The maximum atomic E-state index is 11.5. The molecule has 0 bridgehead atoms. The standard InChI is InChI=1S/C13H21N3O3/c1-3-18-12(17)11-9-19-13(15-11)16(2)10-5-4-7-14-8-6-10/h9-10,14H,3-8H2,1-2H3. The van der Waals surface area contributed by atoms with Gasteiger partial charge in [0.25, 0.3) is 6.01 Å². The number of esters is 1. The van der Waals surface area contributed by atoms with E-state index in [1.807, 2.05) is 11.9 Å². The van der Waals surface area contributed by atoms with Crippen LogP contribution in [0.1, 0.15) is 36.7 Å². The number of nitrogens with one attached hydrogen (secondary N) is 1. The molecule has 6 heteroatoms. The predicted molar refractivity (Wildman–Crippen MR) is 71.4 cm³/mol. The fraction of sp³-hybridized carbons (Fsp3) is 0.692. The van der Waals surface area contributed by atoms with E-state index in [-0.39, 0.29) is 5.69 Å². The molecular formula is C13H21N3O3. The Balaban J connectivity index is 2.02. The molecule has 0 spiro atoms. The molecule has 1 aliphatic heterocycles. The van der Waals surface area contributed by atoms with Gasteiger partial charge in [-0.15, -0.1) is 0 Å². The molecule has 1 aromatic heterocycles. The van der Waals surface area contributed by atoms with E-state index in [1.165, 1.54) is 6.26 Å². The van der Waals surface area contributed by atoms with Gasteiger partial charge in [0.2, 0.25) is 0 Å². The lowest BCUT2D eigenvalue weighted by Crippen LogP contribution is -2.32. The second kappa shape index (κ2) is 6.56. The molecule has 0 aromatic carbocycles. The Hall–Kier alpha value is -1.56. The number of ether oxygens (including phenoxy) is 1. The van der Waals surface area contributed by atoms with Crippen LogP contribution in [-0.2, 0) is 4.74 Å². The lowest BCUT2D eigenvalue weighted by atomic mass is 10.1. The van der Waals surface area contributed by atoms with Crippen LogP contribution in [0.15, 0.2) is 10.7 Å². The Morgan fingerprint density at radius 3 is 3.21 bits per heavy atom. The average molecular weight is 267 g/mol. The zero-order chi connectivity index (χ0) is 13.7. The number of oxazole rings is 1. The van der Waals surface area contributed by atoms with Gasteiger partial charge in [-0.1, -0.05) is 0 Å². The van der Waals surface area contributed by atoms with Crippen molar-refractivity contribution in [2.75, 3.05) is 31.6 Å². The molecule has 0 radical (unpaired) electrons. The highest BCUT2D eigenvalue weighted by Crippen LogP contribution is 2.20. The molecule has 0 amide bonds. The molecule has 1 aromatic rings. The van der Waals surface area contributed by atoms with Gasteiger partial charge in [0.05, 0.1) is 6.61 Å². The van der Waals surface area contributed by atoms with Crippen molar-refractivity contribution >= 4 is 12.0 Å². The van der Waals surface area contributed by atoms with E-state index in [0.717, 1.165) is 32.4 Å². The van der Waals surface area contributed by atoms with Crippen LogP contribution in [0.5, 0.6) is 0 Å². The number of carbonyl (C=O) groups excluding carboxylic acids is 1. The van der Waals surface area contributed by atoms with Gasteiger partial charge in [-0.05, 0) is 39.3 Å². The fourth-order valence-corrected chi connectivity index (χ4v) is 2.27. The third kappa shape index (κ3) is 3.47. The summed E-state index contributed by atoms with van der Waals surface area (Å²) < 4.78 is 10.3. The van der Waals surface area contributed by atoms with E-state index < -0.39 is 5.97 Å². The van der Waals surface area contributed by atoms with Gasteiger partial charge in [0.15, 0.2) is 5.69 Å². The Kier molecular flexibility index (Phi) is 4.79. The molecule has 0 aliphatic carbocycles. The number of hydrogen-bond donors (Lipinski definition) is 1. The Morgan fingerprint density at radius 1 is 1.58 bits per heavy atom. The summed E-state index contributed by atoms with van der Waals surface area (Å²) >= 11 is 0. The van der Waals surface area contributed by atoms with Gasteiger partial charge in [0.1, 0.15) is 6.26 Å². The third-order valence-electron chi connectivity index (χ3n) is 3.37. The van der Waals surface area contributed by atoms with Gasteiger partial charge in [-0.2, -0.15) is 4.98 Å². The van der Waals surface area contributed by atoms with Crippen LogP contribution in [0.3, 0.4) is 0 Å². The van der Waals surface area contributed by atoms with Crippen LogP contribution in [-0.4, -0.2) is 43.7 Å². The zero-order valence-corrected chi connectivity index (χ0v) is 11.5. The van der Waals surface area contributed by atoms with Crippen molar-refractivity contribution in [2.24, 2.45) is 0 Å². The molecule has 1 N–H and O–H groups in total. The predicted octanol–water partition coefficient (Wildman–Crippen LogP) is 1.43.